The van der Waals surface area contributed by atoms with Crippen molar-refractivity contribution in [1.29, 1.82) is 0 Å². The Balaban J connectivity index is 1.72. The number of aromatic nitrogens is 2. The first-order chi connectivity index (χ1) is 16.3. The fourth-order valence-corrected chi connectivity index (χ4v) is 3.18. The summed E-state index contributed by atoms with van der Waals surface area (Å²) in [5.74, 6) is -1.06. The molecule has 0 amide bonds. The molecule has 0 aliphatic carbocycles. The van der Waals surface area contributed by atoms with Gasteiger partial charge in [-0.3, -0.25) is 25.7 Å². The highest BCUT2D eigenvalue weighted by Crippen LogP contribution is 2.32. The van der Waals surface area contributed by atoms with E-state index in [1.165, 1.54) is 12.3 Å². The summed E-state index contributed by atoms with van der Waals surface area (Å²) in [6.45, 7) is 0. The molecule has 0 unspecified atom stereocenters. The van der Waals surface area contributed by atoms with E-state index in [9.17, 15) is 24.6 Å². The number of nitro groups is 2. The zero-order valence-corrected chi connectivity index (χ0v) is 17.6. The number of non-ortho nitro benzene ring substituents is 1. The number of nitrogens with zero attached hydrogens (tertiary/aromatic N) is 5. The highest BCUT2D eigenvalue weighted by molar-refractivity contribution is 6.28. The molecule has 0 spiro atoms. The molecule has 11 nitrogen and oxygen atoms in total. The van der Waals surface area contributed by atoms with Gasteiger partial charge >= 0.3 is 5.69 Å². The lowest BCUT2D eigenvalue weighted by Gasteiger charge is -2.11. The standard InChI is InChI=1S/C21H12ClFN6O5/c22-21-24-11-16(23)20(26-21)34-19-8-5-12-3-1-2-4-14(12)15(19)10-25-27-17-7-6-13(28(30)31)9-18(17)29(32)33/h1-11,27H/b25-10-. The Bertz CT molecular complexity index is 1470. The van der Waals surface area contributed by atoms with Gasteiger partial charge in [0.05, 0.1) is 28.3 Å². The van der Waals surface area contributed by atoms with Crippen LogP contribution in [0.2, 0.25) is 5.28 Å². The van der Waals surface area contributed by atoms with Crippen LogP contribution < -0.4 is 10.2 Å². The predicted octanol–water partition coefficient (Wildman–Crippen LogP) is 5.48. The summed E-state index contributed by atoms with van der Waals surface area (Å²) >= 11 is 5.74. The molecule has 1 N–H and O–H groups in total. The lowest BCUT2D eigenvalue weighted by molar-refractivity contribution is -0.393. The number of anilines is 1. The lowest BCUT2D eigenvalue weighted by atomic mass is 10.0. The Hall–Kier alpha value is -4.71. The summed E-state index contributed by atoms with van der Waals surface area (Å²) in [5, 5.41) is 27.6. The molecule has 0 fully saturated rings. The van der Waals surface area contributed by atoms with Gasteiger partial charge < -0.3 is 4.74 Å². The fourth-order valence-electron chi connectivity index (χ4n) is 3.05. The third-order valence-corrected chi connectivity index (χ3v) is 4.77. The van der Waals surface area contributed by atoms with E-state index in [1.807, 2.05) is 12.1 Å². The van der Waals surface area contributed by atoms with Crippen molar-refractivity contribution >= 4 is 45.7 Å². The number of fused-ring (bicyclic) bond motifs is 1. The number of nitrogens with one attached hydrogen (secondary N) is 1. The van der Waals surface area contributed by atoms with Gasteiger partial charge in [-0.25, -0.2) is 4.98 Å². The minimum absolute atomic E-state index is 0.0665. The molecule has 3 aromatic carbocycles. The molecule has 170 valence electrons. The minimum atomic E-state index is -0.833. The van der Waals surface area contributed by atoms with E-state index in [1.54, 1.807) is 24.3 Å². The van der Waals surface area contributed by atoms with Crippen molar-refractivity contribution in [3.8, 4) is 11.6 Å². The summed E-state index contributed by atoms with van der Waals surface area (Å²) < 4.78 is 19.7. The van der Waals surface area contributed by atoms with E-state index in [-0.39, 0.29) is 16.7 Å². The van der Waals surface area contributed by atoms with Crippen LogP contribution in [0.1, 0.15) is 5.56 Å². The first-order valence-corrected chi connectivity index (χ1v) is 9.81. The lowest BCUT2D eigenvalue weighted by Crippen LogP contribution is -2.00. The average Bonchev–Trinajstić information content (AvgIpc) is 2.82. The molecule has 1 aromatic heterocycles. The Morgan fingerprint density at radius 2 is 1.88 bits per heavy atom. The Morgan fingerprint density at radius 1 is 1.09 bits per heavy atom. The minimum Gasteiger partial charge on any atom is -0.436 e. The van der Waals surface area contributed by atoms with Crippen LogP contribution in [0.4, 0.5) is 21.5 Å². The van der Waals surface area contributed by atoms with Gasteiger partial charge in [0.1, 0.15) is 11.4 Å². The molecule has 0 saturated heterocycles. The summed E-state index contributed by atoms with van der Waals surface area (Å²) in [7, 11) is 0. The Kier molecular flexibility index (Phi) is 6.23. The zero-order valence-electron chi connectivity index (χ0n) is 16.9. The number of hydrogen-bond acceptors (Lipinski definition) is 9. The van der Waals surface area contributed by atoms with Crippen molar-refractivity contribution in [2.24, 2.45) is 5.10 Å². The van der Waals surface area contributed by atoms with Gasteiger partial charge in [0.15, 0.2) is 0 Å². The average molecular weight is 483 g/mol. The maximum atomic E-state index is 14.1. The molecule has 4 rings (SSSR count). The highest BCUT2D eigenvalue weighted by atomic mass is 35.5. The van der Waals surface area contributed by atoms with Crippen LogP contribution in [0, 0.1) is 26.0 Å². The van der Waals surface area contributed by atoms with Crippen molar-refractivity contribution in [3.05, 3.63) is 97.7 Å². The van der Waals surface area contributed by atoms with Gasteiger partial charge in [0, 0.05) is 11.6 Å². The number of nitro benzene ring substituents is 2. The topological polar surface area (TPSA) is 146 Å². The molecular formula is C21H12ClFN6O5. The molecule has 0 saturated carbocycles. The number of halogens is 2. The molecule has 0 aliphatic rings. The van der Waals surface area contributed by atoms with Crippen molar-refractivity contribution in [1.82, 2.24) is 9.97 Å². The summed E-state index contributed by atoms with van der Waals surface area (Å²) in [5.41, 5.74) is 1.89. The third kappa shape index (κ3) is 4.71. The van der Waals surface area contributed by atoms with E-state index in [0.717, 1.165) is 23.7 Å². The van der Waals surface area contributed by atoms with Crippen molar-refractivity contribution in [3.63, 3.8) is 0 Å². The molecule has 0 bridgehead atoms. The van der Waals surface area contributed by atoms with Crippen LogP contribution >= 0.6 is 11.6 Å². The van der Waals surface area contributed by atoms with Crippen LogP contribution in [0.5, 0.6) is 11.6 Å². The van der Waals surface area contributed by atoms with E-state index < -0.39 is 32.9 Å². The van der Waals surface area contributed by atoms with Crippen molar-refractivity contribution in [2.75, 3.05) is 5.43 Å². The van der Waals surface area contributed by atoms with Gasteiger partial charge in [-0.2, -0.15) is 14.5 Å². The van der Waals surface area contributed by atoms with Crippen LogP contribution in [-0.4, -0.2) is 26.0 Å². The number of benzene rings is 3. The number of ether oxygens (including phenoxy) is 1. The highest BCUT2D eigenvalue weighted by Gasteiger charge is 2.19. The molecule has 0 radical (unpaired) electrons. The van der Waals surface area contributed by atoms with Crippen LogP contribution in [0.3, 0.4) is 0 Å². The molecule has 0 aliphatic heterocycles. The maximum absolute atomic E-state index is 14.1. The molecule has 1 heterocycles. The second-order valence-electron chi connectivity index (χ2n) is 6.68. The smallest absolute Gasteiger partial charge is 0.301 e. The summed E-state index contributed by atoms with van der Waals surface area (Å²) in [4.78, 5) is 28.0. The summed E-state index contributed by atoms with van der Waals surface area (Å²) in [6, 6.07) is 13.7. The molecule has 34 heavy (non-hydrogen) atoms. The van der Waals surface area contributed by atoms with E-state index >= 15 is 0 Å². The monoisotopic (exact) mass is 482 g/mol. The van der Waals surface area contributed by atoms with Crippen molar-refractivity contribution in [2.45, 2.75) is 0 Å². The largest absolute Gasteiger partial charge is 0.436 e. The molecule has 4 aromatic rings. The van der Waals surface area contributed by atoms with Gasteiger partial charge in [-0.05, 0) is 34.5 Å². The SMILES string of the molecule is O=[N+]([O-])c1ccc(N/N=C\c2c(Oc3nc(Cl)ncc3F)ccc3ccccc23)c([N+](=O)[O-])c1. The molecule has 0 atom stereocenters. The van der Waals surface area contributed by atoms with Crippen LogP contribution in [-0.2, 0) is 0 Å². The zero-order chi connectivity index (χ0) is 24.2. The third-order valence-electron chi connectivity index (χ3n) is 4.59. The Labute approximate surface area is 194 Å². The predicted molar refractivity (Wildman–Crippen MR) is 122 cm³/mol. The van der Waals surface area contributed by atoms with Crippen molar-refractivity contribution < 1.29 is 19.0 Å². The quantitative estimate of drug-likeness (QED) is 0.158. The normalized spacial score (nSPS) is 11.0. The first kappa shape index (κ1) is 22.5. The maximum Gasteiger partial charge on any atom is 0.301 e. The second kappa shape index (κ2) is 9.42. The first-order valence-electron chi connectivity index (χ1n) is 9.43. The van der Waals surface area contributed by atoms with Gasteiger partial charge in [0.25, 0.3) is 11.6 Å². The summed E-state index contributed by atoms with van der Waals surface area (Å²) in [6.07, 6.45) is 2.19. The van der Waals surface area contributed by atoms with E-state index in [2.05, 4.69) is 20.5 Å². The van der Waals surface area contributed by atoms with Gasteiger partial charge in [-0.1, -0.05) is 30.3 Å². The van der Waals surface area contributed by atoms with E-state index in [0.29, 0.717) is 10.9 Å². The molecular weight excluding hydrogens is 471 g/mol. The van der Waals surface area contributed by atoms with Gasteiger partial charge in [-0.15, -0.1) is 0 Å². The number of hydrogen-bond donors (Lipinski definition) is 1. The number of hydrazone groups is 1. The van der Waals surface area contributed by atoms with Gasteiger partial charge in [0.2, 0.25) is 11.1 Å². The molecule has 13 heteroatoms. The van der Waals surface area contributed by atoms with E-state index in [4.69, 9.17) is 16.3 Å². The van der Waals surface area contributed by atoms with Crippen LogP contribution in [0.15, 0.2) is 65.9 Å². The Morgan fingerprint density at radius 3 is 2.65 bits per heavy atom. The number of rotatable bonds is 7. The second-order valence-corrected chi connectivity index (χ2v) is 7.02. The fraction of sp³-hybridized carbons (Fsp3) is 0. The van der Waals surface area contributed by atoms with Crippen LogP contribution in [0.25, 0.3) is 10.8 Å².